The van der Waals surface area contributed by atoms with Gasteiger partial charge in [0.1, 0.15) is 29.5 Å². The Morgan fingerprint density at radius 1 is 0.889 bits per heavy atom. The SMILES string of the molecule is CC=CC(=CC)CC(C=O)NC(=O)C1Cc2ccc(cc2)OCCCCOc2ccc(cc2)CCC(=O)c2ccc([nH]2)C(=O)N1. The Balaban J connectivity index is 1.54. The van der Waals surface area contributed by atoms with E-state index < -0.39 is 23.9 Å². The van der Waals surface area contributed by atoms with Crippen LogP contribution in [0.4, 0.5) is 0 Å². The molecule has 9 heteroatoms. The lowest BCUT2D eigenvalue weighted by Crippen LogP contribution is -2.51. The van der Waals surface area contributed by atoms with E-state index in [1.54, 1.807) is 6.07 Å². The molecule has 7 rings (SSSR count). The van der Waals surface area contributed by atoms with Gasteiger partial charge in [-0.15, -0.1) is 0 Å². The molecule has 5 heterocycles. The fourth-order valence-corrected chi connectivity index (χ4v) is 4.99. The van der Waals surface area contributed by atoms with Gasteiger partial charge in [-0.25, -0.2) is 0 Å². The van der Waals surface area contributed by atoms with Crippen molar-refractivity contribution in [1.82, 2.24) is 15.6 Å². The summed E-state index contributed by atoms with van der Waals surface area (Å²) < 4.78 is 11.7. The van der Waals surface area contributed by atoms with Crippen molar-refractivity contribution < 1.29 is 28.7 Å². The number of nitrogens with one attached hydrogen (secondary N) is 3. The first-order valence-electron chi connectivity index (χ1n) is 15.4. The molecule has 1 aromatic heterocycles. The van der Waals surface area contributed by atoms with Crippen LogP contribution >= 0.6 is 0 Å². The summed E-state index contributed by atoms with van der Waals surface area (Å²) in [6, 6.07) is 16.4. The normalized spacial score (nSPS) is 17.6. The summed E-state index contributed by atoms with van der Waals surface area (Å²) in [6.07, 6.45) is 9.27. The molecule has 0 saturated heterocycles. The summed E-state index contributed by atoms with van der Waals surface area (Å²) in [7, 11) is 0. The van der Waals surface area contributed by atoms with Gasteiger partial charge in [0.25, 0.3) is 5.91 Å². The van der Waals surface area contributed by atoms with Crippen molar-refractivity contribution in [3.05, 3.63) is 107 Å². The number of hydrogen-bond donors (Lipinski definition) is 3. The maximum absolute atomic E-state index is 13.5. The highest BCUT2D eigenvalue weighted by molar-refractivity contribution is 6.00. The lowest BCUT2D eigenvalue weighted by molar-refractivity contribution is -0.125. The van der Waals surface area contributed by atoms with Crippen molar-refractivity contribution in [2.75, 3.05) is 13.2 Å². The molecule has 0 spiro atoms. The zero-order chi connectivity index (χ0) is 32.0. The minimum atomic E-state index is -0.988. The van der Waals surface area contributed by atoms with Crippen LogP contribution in [0.5, 0.6) is 11.5 Å². The van der Waals surface area contributed by atoms with Gasteiger partial charge in [0, 0.05) is 12.8 Å². The fraction of sp³-hybridized carbons (Fsp3) is 0.333. The standard InChI is InChI=1S/C36H41N3O6/c1-3-7-25(4-2)22-28(24-40)37-36(43)33-23-27-10-15-30(16-11-27)45-21-6-5-20-44-29-13-8-26(9-14-29)12-19-34(41)31-17-18-32(38-31)35(42)39-33/h3-4,7-11,13-18,24,28,33,38H,5-6,12,19-23H2,1-2H3,(H,37,43)(H,39,42). The third-order valence-electron chi connectivity index (χ3n) is 7.56. The molecule has 2 aromatic carbocycles. The van der Waals surface area contributed by atoms with E-state index in [4.69, 9.17) is 9.47 Å². The van der Waals surface area contributed by atoms with Crippen LogP contribution in [-0.2, 0) is 22.4 Å². The maximum atomic E-state index is 13.5. The van der Waals surface area contributed by atoms with Crippen LogP contribution in [0.3, 0.4) is 0 Å². The summed E-state index contributed by atoms with van der Waals surface area (Å²) in [6.45, 7) is 4.85. The van der Waals surface area contributed by atoms with Gasteiger partial charge >= 0.3 is 0 Å². The molecule has 0 radical (unpaired) electrons. The second kappa shape index (κ2) is 16.8. The monoisotopic (exact) mass is 611 g/mol. The van der Waals surface area contributed by atoms with Crippen molar-refractivity contribution in [3.8, 4) is 11.5 Å². The molecule has 236 valence electrons. The number of rotatable bonds is 6. The van der Waals surface area contributed by atoms with E-state index >= 15 is 0 Å². The molecule has 2 atom stereocenters. The first-order valence-corrected chi connectivity index (χ1v) is 15.4. The molecule has 45 heavy (non-hydrogen) atoms. The second-order valence-electron chi connectivity index (χ2n) is 10.9. The van der Waals surface area contributed by atoms with Crippen molar-refractivity contribution in [1.29, 1.82) is 0 Å². The molecule has 3 N–H and O–H groups in total. The molecule has 0 fully saturated rings. The van der Waals surface area contributed by atoms with Crippen LogP contribution in [0.2, 0.25) is 0 Å². The molecule has 9 nitrogen and oxygen atoms in total. The molecular weight excluding hydrogens is 570 g/mol. The summed E-state index contributed by atoms with van der Waals surface area (Å²) in [5.74, 6) is 0.317. The number of allylic oxidation sites excluding steroid dienone is 3. The van der Waals surface area contributed by atoms with Crippen LogP contribution in [-0.4, -0.2) is 54.2 Å². The fourth-order valence-electron chi connectivity index (χ4n) is 4.99. The third-order valence-corrected chi connectivity index (χ3v) is 7.56. The minimum absolute atomic E-state index is 0.129. The van der Waals surface area contributed by atoms with Crippen molar-refractivity contribution in [3.63, 3.8) is 0 Å². The topological polar surface area (TPSA) is 127 Å². The van der Waals surface area contributed by atoms with E-state index in [-0.39, 0.29) is 24.3 Å². The third kappa shape index (κ3) is 10.1. The number of hydrogen-bond acceptors (Lipinski definition) is 6. The highest BCUT2D eigenvalue weighted by Crippen LogP contribution is 2.18. The molecule has 2 amide bonds. The largest absolute Gasteiger partial charge is 0.494 e. The Labute approximate surface area is 264 Å². The van der Waals surface area contributed by atoms with Crippen molar-refractivity contribution in [2.45, 2.75) is 64.5 Å². The van der Waals surface area contributed by atoms with Gasteiger partial charge in [-0.3, -0.25) is 14.4 Å². The molecule has 0 aliphatic carbocycles. The summed E-state index contributed by atoms with van der Waals surface area (Å²) in [5.41, 5.74) is 3.17. The first kappa shape index (κ1) is 33.0. The van der Waals surface area contributed by atoms with E-state index in [1.807, 2.05) is 80.6 Å². The van der Waals surface area contributed by atoms with Crippen LogP contribution in [0, 0.1) is 0 Å². The number of amides is 2. The van der Waals surface area contributed by atoms with E-state index in [9.17, 15) is 19.2 Å². The number of aryl methyl sites for hydroxylation is 1. The Morgan fingerprint density at radius 2 is 1.51 bits per heavy atom. The van der Waals surface area contributed by atoms with Gasteiger partial charge < -0.3 is 29.9 Å². The Bertz CT molecular complexity index is 1500. The minimum Gasteiger partial charge on any atom is -0.494 e. The van der Waals surface area contributed by atoms with Crippen molar-refractivity contribution in [2.24, 2.45) is 0 Å². The lowest BCUT2D eigenvalue weighted by Gasteiger charge is -2.21. The van der Waals surface area contributed by atoms with Gasteiger partial charge in [-0.1, -0.05) is 48.1 Å². The number of H-pyrrole nitrogens is 1. The molecule has 4 aliphatic heterocycles. The van der Waals surface area contributed by atoms with Gasteiger partial charge in [-0.2, -0.15) is 0 Å². The number of benzene rings is 2. The number of carbonyl (C=O) groups excluding carboxylic acids is 4. The molecular formula is C36H41N3O6. The maximum Gasteiger partial charge on any atom is 0.268 e. The zero-order valence-corrected chi connectivity index (χ0v) is 25.8. The van der Waals surface area contributed by atoms with Crippen LogP contribution in [0.25, 0.3) is 0 Å². The molecule has 6 bridgehead atoms. The quantitative estimate of drug-likeness (QED) is 0.256. The Morgan fingerprint density at radius 3 is 2.11 bits per heavy atom. The molecule has 3 aromatic rings. The number of carbonyl (C=O) groups is 4. The number of ether oxygens (including phenoxy) is 2. The summed E-state index contributed by atoms with van der Waals surface area (Å²) >= 11 is 0. The van der Waals surface area contributed by atoms with E-state index in [0.29, 0.717) is 43.8 Å². The van der Waals surface area contributed by atoms with Crippen LogP contribution in [0.15, 0.2) is 84.5 Å². The lowest BCUT2D eigenvalue weighted by atomic mass is 10.0. The summed E-state index contributed by atoms with van der Waals surface area (Å²) in [4.78, 5) is 54.5. The molecule has 0 saturated carbocycles. The van der Waals surface area contributed by atoms with Gasteiger partial charge in [0.2, 0.25) is 5.91 Å². The predicted octanol–water partition coefficient (Wildman–Crippen LogP) is 5.32. The number of Topliss-reactive ketones (excluding diaryl/α,β-unsaturated/α-hetero) is 1. The van der Waals surface area contributed by atoms with Gasteiger partial charge in [-0.05, 0) is 87.1 Å². The smallest absolute Gasteiger partial charge is 0.268 e. The first-order chi connectivity index (χ1) is 21.9. The van der Waals surface area contributed by atoms with E-state index in [0.717, 1.165) is 35.3 Å². The average Bonchev–Trinajstić information content (AvgIpc) is 3.56. The van der Waals surface area contributed by atoms with Crippen LogP contribution in [0.1, 0.15) is 71.6 Å². The number of aromatic amines is 1. The zero-order valence-electron chi connectivity index (χ0n) is 25.8. The Hall–Kier alpha value is -4.92. The molecule has 4 aliphatic rings. The van der Waals surface area contributed by atoms with E-state index in [2.05, 4.69) is 15.6 Å². The van der Waals surface area contributed by atoms with Crippen molar-refractivity contribution >= 4 is 23.9 Å². The predicted molar refractivity (Wildman–Crippen MR) is 173 cm³/mol. The second-order valence-corrected chi connectivity index (χ2v) is 10.9. The Kier molecular flexibility index (Phi) is 12.3. The average molecular weight is 612 g/mol. The van der Waals surface area contributed by atoms with Gasteiger partial charge in [0.15, 0.2) is 5.78 Å². The summed E-state index contributed by atoms with van der Waals surface area (Å²) in [5, 5.41) is 5.58. The highest BCUT2D eigenvalue weighted by atomic mass is 16.5. The van der Waals surface area contributed by atoms with Crippen LogP contribution < -0.4 is 20.1 Å². The number of aromatic nitrogens is 1. The van der Waals surface area contributed by atoms with E-state index in [1.165, 1.54) is 6.07 Å². The molecule has 2 unspecified atom stereocenters. The number of aldehydes is 1. The van der Waals surface area contributed by atoms with Gasteiger partial charge in [0.05, 0.1) is 24.9 Å². The number of ketones is 1. The highest BCUT2D eigenvalue weighted by Gasteiger charge is 2.25.